The predicted octanol–water partition coefficient (Wildman–Crippen LogP) is -0.328. The van der Waals surface area contributed by atoms with Crippen molar-refractivity contribution in [3.05, 3.63) is 0 Å². The van der Waals surface area contributed by atoms with E-state index in [2.05, 4.69) is 0 Å². The minimum absolute atomic E-state index is 0.184. The summed E-state index contributed by atoms with van der Waals surface area (Å²) in [6, 6.07) is 0. The van der Waals surface area contributed by atoms with Gasteiger partial charge in [0.1, 0.15) is 29.2 Å². The van der Waals surface area contributed by atoms with E-state index in [0.29, 0.717) is 6.42 Å². The van der Waals surface area contributed by atoms with E-state index in [1.807, 2.05) is 0 Å². The molecule has 0 aromatic carbocycles. The molecule has 2 aliphatic carbocycles. The molecule has 7 nitrogen and oxygen atoms in total. The van der Waals surface area contributed by atoms with Crippen LogP contribution in [0.15, 0.2) is 0 Å². The van der Waals surface area contributed by atoms with Crippen molar-refractivity contribution in [2.24, 2.45) is 17.8 Å². The molecule has 0 bridgehead atoms. The fourth-order valence-electron chi connectivity index (χ4n) is 2.46. The molecule has 2 fully saturated rings. The summed E-state index contributed by atoms with van der Waals surface area (Å²) in [6.45, 7) is 3.77. The SMILES string of the molecule is CC(=O)C1C(=O)C(=O)C1C(C)=O.CC(=O)C1CCC(=O)C1=O. The van der Waals surface area contributed by atoms with Crippen LogP contribution >= 0.6 is 0 Å². The molecule has 0 heterocycles. The predicted molar refractivity (Wildman–Crippen MR) is 71.8 cm³/mol. The molecule has 0 radical (unpaired) electrons. The van der Waals surface area contributed by atoms with Crippen molar-refractivity contribution in [2.45, 2.75) is 33.6 Å². The van der Waals surface area contributed by atoms with Crippen LogP contribution < -0.4 is 0 Å². The van der Waals surface area contributed by atoms with Crippen molar-refractivity contribution in [2.75, 3.05) is 0 Å². The van der Waals surface area contributed by atoms with Gasteiger partial charge in [0.15, 0.2) is 5.78 Å². The third-order valence-corrected chi connectivity index (χ3v) is 3.76. The first-order chi connectivity index (χ1) is 10.1. The first kappa shape index (κ1) is 17.7. The van der Waals surface area contributed by atoms with Gasteiger partial charge in [0.05, 0.1) is 5.92 Å². The maximum absolute atomic E-state index is 10.8. The minimum Gasteiger partial charge on any atom is -0.299 e. The number of ketones is 7. The Morgan fingerprint density at radius 2 is 1.14 bits per heavy atom. The molecule has 0 aliphatic heterocycles. The van der Waals surface area contributed by atoms with Gasteiger partial charge in [-0.2, -0.15) is 0 Å². The molecule has 22 heavy (non-hydrogen) atoms. The van der Waals surface area contributed by atoms with Crippen LogP contribution in [0.4, 0.5) is 0 Å². The number of hydrogen-bond acceptors (Lipinski definition) is 7. The second-order valence-corrected chi connectivity index (χ2v) is 5.39. The van der Waals surface area contributed by atoms with Crippen molar-refractivity contribution in [1.82, 2.24) is 0 Å². The fourth-order valence-corrected chi connectivity index (χ4v) is 2.46. The number of hydrogen-bond donors (Lipinski definition) is 0. The summed E-state index contributed by atoms with van der Waals surface area (Å²) < 4.78 is 0. The molecular weight excluding hydrogens is 292 g/mol. The molecule has 0 spiro atoms. The Morgan fingerprint density at radius 1 is 0.727 bits per heavy atom. The number of rotatable bonds is 3. The Morgan fingerprint density at radius 3 is 1.32 bits per heavy atom. The Bertz CT molecular complexity index is 569. The first-order valence-corrected chi connectivity index (χ1v) is 6.76. The van der Waals surface area contributed by atoms with Gasteiger partial charge in [-0.25, -0.2) is 0 Å². The van der Waals surface area contributed by atoms with Gasteiger partial charge in [0.2, 0.25) is 17.3 Å². The van der Waals surface area contributed by atoms with Crippen LogP contribution in [0.3, 0.4) is 0 Å². The van der Waals surface area contributed by atoms with Gasteiger partial charge in [0, 0.05) is 6.42 Å². The summed E-state index contributed by atoms with van der Waals surface area (Å²) in [7, 11) is 0. The smallest absolute Gasteiger partial charge is 0.210 e. The fraction of sp³-hybridized carbons (Fsp3) is 0.533. The number of carbonyl (C=O) groups is 7. The largest absolute Gasteiger partial charge is 0.299 e. The molecule has 0 amide bonds. The van der Waals surface area contributed by atoms with Gasteiger partial charge in [0.25, 0.3) is 0 Å². The van der Waals surface area contributed by atoms with E-state index in [9.17, 15) is 33.6 Å². The average molecular weight is 308 g/mol. The Hall–Kier alpha value is -2.31. The summed E-state index contributed by atoms with van der Waals surface area (Å²) in [5.41, 5.74) is 0. The van der Waals surface area contributed by atoms with E-state index in [1.165, 1.54) is 20.8 Å². The Balaban J connectivity index is 0.000000224. The van der Waals surface area contributed by atoms with Crippen molar-refractivity contribution < 1.29 is 33.6 Å². The van der Waals surface area contributed by atoms with Crippen LogP contribution in [0.5, 0.6) is 0 Å². The van der Waals surface area contributed by atoms with Crippen LogP contribution in [0.25, 0.3) is 0 Å². The van der Waals surface area contributed by atoms with Crippen molar-refractivity contribution in [3.63, 3.8) is 0 Å². The molecule has 3 atom stereocenters. The van der Waals surface area contributed by atoms with Crippen molar-refractivity contribution >= 4 is 40.5 Å². The lowest BCUT2D eigenvalue weighted by Crippen LogP contribution is -2.54. The van der Waals surface area contributed by atoms with Crippen LogP contribution in [-0.2, 0) is 33.6 Å². The highest BCUT2D eigenvalue weighted by atomic mass is 16.2. The highest BCUT2D eigenvalue weighted by Gasteiger charge is 2.53. The van der Waals surface area contributed by atoms with E-state index in [0.717, 1.165) is 0 Å². The molecule has 7 heteroatoms. The first-order valence-electron chi connectivity index (χ1n) is 6.76. The molecule has 0 aromatic heterocycles. The van der Waals surface area contributed by atoms with Gasteiger partial charge in [-0.05, 0) is 27.2 Å². The lowest BCUT2D eigenvalue weighted by Gasteiger charge is -2.28. The van der Waals surface area contributed by atoms with Crippen LogP contribution in [0, 0.1) is 17.8 Å². The zero-order valence-electron chi connectivity index (χ0n) is 12.5. The van der Waals surface area contributed by atoms with Gasteiger partial charge >= 0.3 is 0 Å². The quantitative estimate of drug-likeness (QED) is 0.517. The van der Waals surface area contributed by atoms with E-state index in [-0.39, 0.29) is 18.0 Å². The lowest BCUT2D eigenvalue weighted by molar-refractivity contribution is -0.159. The zero-order chi connectivity index (χ0) is 17.2. The van der Waals surface area contributed by atoms with Gasteiger partial charge in [-0.3, -0.25) is 33.6 Å². The average Bonchev–Trinajstić information content (AvgIpc) is 2.74. The van der Waals surface area contributed by atoms with Crippen molar-refractivity contribution in [1.29, 1.82) is 0 Å². The zero-order valence-corrected chi connectivity index (χ0v) is 12.5. The van der Waals surface area contributed by atoms with Gasteiger partial charge in [-0.15, -0.1) is 0 Å². The van der Waals surface area contributed by atoms with Gasteiger partial charge < -0.3 is 0 Å². The molecule has 118 valence electrons. The Labute approximate surface area is 126 Å². The number of Topliss-reactive ketones (excluding diaryl/α,β-unsaturated/α-hetero) is 7. The second kappa shape index (κ2) is 6.64. The highest BCUT2D eigenvalue weighted by molar-refractivity contribution is 6.53. The van der Waals surface area contributed by atoms with Crippen molar-refractivity contribution in [3.8, 4) is 0 Å². The summed E-state index contributed by atoms with van der Waals surface area (Å²) >= 11 is 0. The summed E-state index contributed by atoms with van der Waals surface area (Å²) in [6.07, 6.45) is 0.677. The normalized spacial score (nSPS) is 27.0. The standard InChI is InChI=1S/C8H8O4.C7H8O3/c1-3(9)5-6(4(2)10)8(12)7(5)11;1-4(8)5-2-3-6(9)7(5)10/h5-6H,1-2H3;5H,2-3H2,1H3. The van der Waals surface area contributed by atoms with E-state index >= 15 is 0 Å². The Kier molecular flexibility index (Phi) is 5.35. The van der Waals surface area contributed by atoms with Crippen LogP contribution in [-0.4, -0.2) is 40.5 Å². The van der Waals surface area contributed by atoms with E-state index < -0.39 is 46.7 Å². The third-order valence-electron chi connectivity index (χ3n) is 3.76. The molecule has 0 N–H and O–H groups in total. The maximum Gasteiger partial charge on any atom is 0.210 e. The molecule has 3 unspecified atom stereocenters. The third kappa shape index (κ3) is 3.29. The molecule has 0 saturated heterocycles. The number of carbonyl (C=O) groups excluding carboxylic acids is 7. The molecule has 2 aliphatic rings. The summed E-state index contributed by atoms with van der Waals surface area (Å²) in [5, 5.41) is 0. The highest BCUT2D eigenvalue weighted by Crippen LogP contribution is 2.28. The summed E-state index contributed by atoms with van der Waals surface area (Å²) in [4.78, 5) is 75.1. The maximum atomic E-state index is 10.8. The molecule has 2 rings (SSSR count). The minimum atomic E-state index is -0.991. The second-order valence-electron chi connectivity index (χ2n) is 5.39. The molecule has 0 aromatic rings. The van der Waals surface area contributed by atoms with Crippen LogP contribution in [0.2, 0.25) is 0 Å². The van der Waals surface area contributed by atoms with E-state index in [1.54, 1.807) is 0 Å². The molecule has 2 saturated carbocycles. The topological polar surface area (TPSA) is 119 Å². The summed E-state index contributed by atoms with van der Waals surface area (Å²) in [5.74, 6) is -5.91. The van der Waals surface area contributed by atoms with Gasteiger partial charge in [-0.1, -0.05) is 0 Å². The van der Waals surface area contributed by atoms with E-state index in [4.69, 9.17) is 0 Å². The van der Waals surface area contributed by atoms with Crippen LogP contribution in [0.1, 0.15) is 33.6 Å². The lowest BCUT2D eigenvalue weighted by atomic mass is 9.67. The monoisotopic (exact) mass is 308 g/mol. The molecular formula is C15H16O7.